The van der Waals surface area contributed by atoms with Gasteiger partial charge in [0.05, 0.1) is 12.5 Å². The van der Waals surface area contributed by atoms with Crippen LogP contribution in [-0.2, 0) is 0 Å². The molecule has 3 nitrogen and oxygen atoms in total. The van der Waals surface area contributed by atoms with E-state index < -0.39 is 0 Å². The Morgan fingerprint density at radius 3 is 2.71 bits per heavy atom. The maximum absolute atomic E-state index is 8.02. The van der Waals surface area contributed by atoms with E-state index in [9.17, 15) is 0 Å². The molecule has 40 valence electrons. The Hall–Kier alpha value is -0.590. The molecule has 0 saturated heterocycles. The van der Waals surface area contributed by atoms with Gasteiger partial charge >= 0.3 is 0 Å². The summed E-state index contributed by atoms with van der Waals surface area (Å²) >= 11 is 0. The van der Waals surface area contributed by atoms with Crippen LogP contribution in [0.2, 0.25) is 0 Å². The quantitative estimate of drug-likeness (QED) is 0.370. The van der Waals surface area contributed by atoms with Crippen molar-refractivity contribution in [3.05, 3.63) is 0 Å². The third-order valence-electron chi connectivity index (χ3n) is 0.682. The summed E-state index contributed by atoms with van der Waals surface area (Å²) in [4.78, 5) is 0. The van der Waals surface area contributed by atoms with E-state index in [-0.39, 0.29) is 6.04 Å². The summed E-state index contributed by atoms with van der Waals surface area (Å²) in [5.74, 6) is 4.96. The molecule has 0 heterocycles. The molecule has 0 aromatic carbocycles. The molecule has 0 radical (unpaired) electrons. The first-order chi connectivity index (χ1) is 3.31. The zero-order chi connectivity index (χ0) is 5.70. The fourth-order valence-corrected chi connectivity index (χ4v) is 0.196. The Kier molecular flexibility index (Phi) is 3.29. The molecule has 3 N–H and O–H groups in total. The molecule has 3 heteroatoms. The number of rotatable bonds is 2. The number of nitrogens with one attached hydrogen (secondary N) is 1. The van der Waals surface area contributed by atoms with Crippen molar-refractivity contribution >= 4 is 0 Å². The third-order valence-corrected chi connectivity index (χ3v) is 0.682. The Labute approximate surface area is 43.1 Å². The van der Waals surface area contributed by atoms with Gasteiger partial charge in [-0.2, -0.15) is 5.26 Å². The first-order valence-corrected chi connectivity index (χ1v) is 2.14. The molecule has 0 bridgehead atoms. The maximum atomic E-state index is 8.02. The van der Waals surface area contributed by atoms with Crippen molar-refractivity contribution in [1.82, 2.24) is 5.43 Å². The molecule has 0 aromatic heterocycles. The molecule has 0 saturated carbocycles. The van der Waals surface area contributed by atoms with Crippen molar-refractivity contribution in [2.24, 2.45) is 5.84 Å². The first-order valence-electron chi connectivity index (χ1n) is 2.14. The number of hydrazine groups is 1. The van der Waals surface area contributed by atoms with Crippen LogP contribution in [0.15, 0.2) is 0 Å². The van der Waals surface area contributed by atoms with Gasteiger partial charge in [-0.25, -0.2) is 0 Å². The number of hydrogen-bond donors (Lipinski definition) is 2. The standard InChI is InChI=1S/C4H9N3/c1-4(7-6)2-3-5/h4,7H,2,6H2,1H3. The van der Waals surface area contributed by atoms with E-state index in [0.29, 0.717) is 6.42 Å². The fraction of sp³-hybridized carbons (Fsp3) is 0.750. The van der Waals surface area contributed by atoms with E-state index in [4.69, 9.17) is 11.1 Å². The summed E-state index contributed by atoms with van der Waals surface area (Å²) < 4.78 is 0. The topological polar surface area (TPSA) is 61.8 Å². The van der Waals surface area contributed by atoms with Gasteiger partial charge in [-0.15, -0.1) is 0 Å². The van der Waals surface area contributed by atoms with E-state index in [0.717, 1.165) is 0 Å². The Bertz CT molecular complexity index is 73.5. The second-order valence-electron chi connectivity index (χ2n) is 1.43. The summed E-state index contributed by atoms with van der Waals surface area (Å²) in [5.41, 5.74) is 2.44. The van der Waals surface area contributed by atoms with Gasteiger partial charge in [0.15, 0.2) is 0 Å². The lowest BCUT2D eigenvalue weighted by Gasteiger charge is -2.00. The van der Waals surface area contributed by atoms with Crippen LogP contribution < -0.4 is 11.3 Å². The van der Waals surface area contributed by atoms with Gasteiger partial charge in [0.1, 0.15) is 0 Å². The van der Waals surface area contributed by atoms with E-state index >= 15 is 0 Å². The van der Waals surface area contributed by atoms with Gasteiger partial charge in [-0.1, -0.05) is 0 Å². The summed E-state index contributed by atoms with van der Waals surface area (Å²) in [6.07, 6.45) is 0.469. The minimum Gasteiger partial charge on any atom is -0.271 e. The molecule has 7 heavy (non-hydrogen) atoms. The number of nitrogens with two attached hydrogens (primary N) is 1. The molecule has 1 unspecified atom stereocenters. The van der Waals surface area contributed by atoms with Crippen LogP contribution in [0, 0.1) is 11.3 Å². The van der Waals surface area contributed by atoms with Gasteiger partial charge in [0, 0.05) is 6.04 Å². The zero-order valence-corrected chi connectivity index (χ0v) is 4.31. The summed E-state index contributed by atoms with van der Waals surface area (Å²) in [7, 11) is 0. The van der Waals surface area contributed by atoms with Gasteiger partial charge in [0.25, 0.3) is 0 Å². The Morgan fingerprint density at radius 1 is 2.00 bits per heavy atom. The van der Waals surface area contributed by atoms with Crippen LogP contribution in [0.25, 0.3) is 0 Å². The Morgan fingerprint density at radius 2 is 2.57 bits per heavy atom. The number of nitriles is 1. The van der Waals surface area contributed by atoms with E-state index in [2.05, 4.69) is 5.43 Å². The summed E-state index contributed by atoms with van der Waals surface area (Å²) in [6, 6.07) is 2.09. The molecular weight excluding hydrogens is 90.1 g/mol. The average molecular weight is 99.1 g/mol. The third kappa shape index (κ3) is 3.23. The molecule has 0 spiro atoms. The molecule has 0 fully saturated rings. The van der Waals surface area contributed by atoms with Crippen molar-refractivity contribution in [3.63, 3.8) is 0 Å². The largest absolute Gasteiger partial charge is 0.271 e. The molecule has 0 rings (SSSR count). The lowest BCUT2D eigenvalue weighted by Crippen LogP contribution is -2.31. The van der Waals surface area contributed by atoms with Crippen molar-refractivity contribution in [1.29, 1.82) is 5.26 Å². The van der Waals surface area contributed by atoms with Gasteiger partial charge in [0.2, 0.25) is 0 Å². The number of nitrogens with zero attached hydrogens (tertiary/aromatic N) is 1. The summed E-state index contributed by atoms with van der Waals surface area (Å²) in [6.45, 7) is 1.85. The fourth-order valence-electron chi connectivity index (χ4n) is 0.196. The van der Waals surface area contributed by atoms with Crippen molar-refractivity contribution in [3.8, 4) is 6.07 Å². The van der Waals surface area contributed by atoms with Crippen LogP contribution >= 0.6 is 0 Å². The lowest BCUT2D eigenvalue weighted by atomic mass is 10.3. The van der Waals surface area contributed by atoms with Gasteiger partial charge in [-0.05, 0) is 6.92 Å². The highest BCUT2D eigenvalue weighted by Gasteiger charge is 1.92. The van der Waals surface area contributed by atoms with Crippen molar-refractivity contribution < 1.29 is 0 Å². The predicted molar refractivity (Wildman–Crippen MR) is 27.0 cm³/mol. The average Bonchev–Trinajstić information content (AvgIpc) is 1.68. The summed E-state index contributed by atoms with van der Waals surface area (Å²) in [5, 5.41) is 8.02. The highest BCUT2D eigenvalue weighted by Crippen LogP contribution is 1.81. The molecule has 0 aliphatic heterocycles. The molecular formula is C4H9N3. The van der Waals surface area contributed by atoms with Crippen LogP contribution in [0.3, 0.4) is 0 Å². The normalized spacial score (nSPS) is 12.7. The van der Waals surface area contributed by atoms with E-state index in [1.807, 2.05) is 13.0 Å². The maximum Gasteiger partial charge on any atom is 0.0638 e. The SMILES string of the molecule is CC(CC#N)NN. The van der Waals surface area contributed by atoms with Crippen molar-refractivity contribution in [2.45, 2.75) is 19.4 Å². The molecule has 0 aliphatic rings. The monoisotopic (exact) mass is 99.1 g/mol. The minimum absolute atomic E-state index is 0.116. The molecule has 0 aliphatic carbocycles. The Balaban J connectivity index is 3.03. The lowest BCUT2D eigenvalue weighted by molar-refractivity contribution is 0.581. The van der Waals surface area contributed by atoms with Crippen LogP contribution in [0.1, 0.15) is 13.3 Å². The predicted octanol–water partition coefficient (Wildman–Crippen LogP) is -0.248. The zero-order valence-electron chi connectivity index (χ0n) is 4.31. The second kappa shape index (κ2) is 3.59. The van der Waals surface area contributed by atoms with Gasteiger partial charge in [-0.3, -0.25) is 11.3 Å². The van der Waals surface area contributed by atoms with Crippen LogP contribution in [0.5, 0.6) is 0 Å². The van der Waals surface area contributed by atoms with E-state index in [1.165, 1.54) is 0 Å². The highest BCUT2D eigenvalue weighted by molar-refractivity contribution is 4.75. The molecule has 0 aromatic rings. The first kappa shape index (κ1) is 6.41. The van der Waals surface area contributed by atoms with Gasteiger partial charge < -0.3 is 0 Å². The van der Waals surface area contributed by atoms with E-state index in [1.54, 1.807) is 0 Å². The highest BCUT2D eigenvalue weighted by atomic mass is 15.2. The number of hydrogen-bond acceptors (Lipinski definition) is 3. The molecule has 1 atom stereocenters. The van der Waals surface area contributed by atoms with Crippen LogP contribution in [-0.4, -0.2) is 6.04 Å². The smallest absolute Gasteiger partial charge is 0.0638 e. The minimum atomic E-state index is 0.116. The van der Waals surface area contributed by atoms with Crippen LogP contribution in [0.4, 0.5) is 0 Å². The molecule has 0 amide bonds. The van der Waals surface area contributed by atoms with Crippen molar-refractivity contribution in [2.75, 3.05) is 0 Å². The second-order valence-corrected chi connectivity index (χ2v) is 1.43.